The van der Waals surface area contributed by atoms with Crippen molar-refractivity contribution < 1.29 is 18.3 Å². The van der Waals surface area contributed by atoms with Gasteiger partial charge in [0.05, 0.1) is 10.9 Å². The molecule has 0 aliphatic carbocycles. The predicted molar refractivity (Wildman–Crippen MR) is 94.5 cm³/mol. The van der Waals surface area contributed by atoms with E-state index in [2.05, 4.69) is 15.0 Å². The van der Waals surface area contributed by atoms with Crippen molar-refractivity contribution in [3.8, 4) is 5.88 Å². The van der Waals surface area contributed by atoms with E-state index in [0.717, 1.165) is 25.2 Å². The van der Waals surface area contributed by atoms with E-state index in [0.29, 0.717) is 28.8 Å². The minimum Gasteiger partial charge on any atom is -0.492 e. The number of thiazole rings is 1. The van der Waals surface area contributed by atoms with Gasteiger partial charge in [0, 0.05) is 26.2 Å². The van der Waals surface area contributed by atoms with E-state index in [4.69, 9.17) is 0 Å². The number of hydrogen-bond acceptors (Lipinski definition) is 6. The number of aromatic nitrogens is 3. The van der Waals surface area contributed by atoms with Crippen molar-refractivity contribution >= 4 is 16.3 Å². The topological polar surface area (TPSA) is 56.9 Å². The molecule has 1 aromatic carbocycles. The van der Waals surface area contributed by atoms with Crippen molar-refractivity contribution in [2.24, 2.45) is 0 Å². The van der Waals surface area contributed by atoms with Gasteiger partial charge in [0.25, 0.3) is 0 Å². The highest BCUT2D eigenvalue weighted by Crippen LogP contribution is 2.40. The molecule has 144 valence electrons. The molecule has 4 rings (SSSR count). The molecule has 1 aliphatic rings. The molecule has 1 saturated heterocycles. The molecule has 3 aromatic rings. The van der Waals surface area contributed by atoms with Crippen LogP contribution >= 0.6 is 11.3 Å². The van der Waals surface area contributed by atoms with Crippen LogP contribution in [0.2, 0.25) is 0 Å². The van der Waals surface area contributed by atoms with Crippen LogP contribution < -0.4 is 0 Å². The highest BCUT2D eigenvalue weighted by Gasteiger charge is 2.32. The van der Waals surface area contributed by atoms with Crippen LogP contribution in [0.1, 0.15) is 22.3 Å². The second kappa shape index (κ2) is 6.77. The number of halogens is 3. The fourth-order valence-corrected chi connectivity index (χ4v) is 4.53. The Morgan fingerprint density at radius 2 is 1.74 bits per heavy atom. The summed E-state index contributed by atoms with van der Waals surface area (Å²) < 4.78 is 42.6. The Morgan fingerprint density at radius 3 is 2.33 bits per heavy atom. The first-order valence-electron chi connectivity index (χ1n) is 8.47. The van der Waals surface area contributed by atoms with E-state index in [9.17, 15) is 18.3 Å². The van der Waals surface area contributed by atoms with Crippen LogP contribution in [-0.4, -0.2) is 62.7 Å². The minimum absolute atomic E-state index is 0.121. The largest absolute Gasteiger partial charge is 0.492 e. The molecule has 0 saturated carbocycles. The van der Waals surface area contributed by atoms with Crippen molar-refractivity contribution in [1.29, 1.82) is 0 Å². The zero-order valence-corrected chi connectivity index (χ0v) is 15.6. The lowest BCUT2D eigenvalue weighted by Crippen LogP contribution is -2.46. The van der Waals surface area contributed by atoms with Gasteiger partial charge in [-0.05, 0) is 31.7 Å². The number of benzene rings is 1. The average molecular weight is 397 g/mol. The van der Waals surface area contributed by atoms with E-state index in [1.165, 1.54) is 15.9 Å². The van der Waals surface area contributed by atoms with Gasteiger partial charge in [0.1, 0.15) is 5.82 Å². The Labute approximate surface area is 157 Å². The Bertz CT molecular complexity index is 973. The second-order valence-electron chi connectivity index (χ2n) is 6.68. The molecule has 6 nitrogen and oxygen atoms in total. The Kier molecular flexibility index (Phi) is 4.57. The third-order valence-corrected chi connectivity index (χ3v) is 5.85. The average Bonchev–Trinajstić information content (AvgIpc) is 3.12. The van der Waals surface area contributed by atoms with Gasteiger partial charge in [0.2, 0.25) is 10.8 Å². The number of fused-ring (bicyclic) bond motifs is 1. The summed E-state index contributed by atoms with van der Waals surface area (Å²) >= 11 is 1.20. The van der Waals surface area contributed by atoms with Gasteiger partial charge >= 0.3 is 0 Å². The lowest BCUT2D eigenvalue weighted by Gasteiger charge is -2.37. The normalized spacial score (nSPS) is 17.7. The Hall–Kier alpha value is -2.17. The van der Waals surface area contributed by atoms with Gasteiger partial charge in [-0.2, -0.15) is 4.52 Å². The third kappa shape index (κ3) is 3.17. The van der Waals surface area contributed by atoms with E-state index in [1.807, 2.05) is 11.9 Å². The van der Waals surface area contributed by atoms with Crippen molar-refractivity contribution in [2.75, 3.05) is 33.2 Å². The first kappa shape index (κ1) is 18.2. The van der Waals surface area contributed by atoms with E-state index < -0.39 is 23.5 Å². The van der Waals surface area contributed by atoms with Crippen LogP contribution in [0.4, 0.5) is 13.2 Å². The van der Waals surface area contributed by atoms with Crippen molar-refractivity contribution in [3.63, 3.8) is 0 Å². The Morgan fingerprint density at radius 1 is 1.11 bits per heavy atom. The van der Waals surface area contributed by atoms with Crippen LogP contribution in [0.5, 0.6) is 5.88 Å². The maximum absolute atomic E-state index is 13.9. The molecule has 0 bridgehead atoms. The fraction of sp³-hybridized carbons (Fsp3) is 0.412. The number of nitrogens with zero attached hydrogens (tertiary/aromatic N) is 5. The summed E-state index contributed by atoms with van der Waals surface area (Å²) in [5, 5.41) is 14.8. The predicted octanol–water partition coefficient (Wildman–Crippen LogP) is 2.56. The van der Waals surface area contributed by atoms with Crippen molar-refractivity contribution in [2.45, 2.75) is 13.0 Å². The number of hydrogen-bond donors (Lipinski definition) is 1. The summed E-state index contributed by atoms with van der Waals surface area (Å²) in [6.07, 6.45) is 0. The quantitative estimate of drug-likeness (QED) is 0.689. The molecule has 1 aliphatic heterocycles. The minimum atomic E-state index is -1.50. The highest BCUT2D eigenvalue weighted by atomic mass is 32.1. The molecular weight excluding hydrogens is 379 g/mol. The third-order valence-electron chi connectivity index (χ3n) is 4.78. The van der Waals surface area contributed by atoms with Gasteiger partial charge in [-0.25, -0.2) is 18.2 Å². The number of likely N-dealkylation sites (N-methyl/N-ethyl adjacent to an activating group) is 1. The van der Waals surface area contributed by atoms with Gasteiger partial charge in [-0.3, -0.25) is 4.90 Å². The molecule has 27 heavy (non-hydrogen) atoms. The van der Waals surface area contributed by atoms with Crippen molar-refractivity contribution in [1.82, 2.24) is 24.4 Å². The number of piperazine rings is 1. The summed E-state index contributed by atoms with van der Waals surface area (Å²) in [6.45, 7) is 4.51. The molecule has 1 N–H and O–H groups in total. The molecule has 1 atom stereocenters. The number of aryl methyl sites for hydroxylation is 1. The molecule has 3 heterocycles. The molecule has 10 heteroatoms. The van der Waals surface area contributed by atoms with Gasteiger partial charge in [0.15, 0.2) is 17.5 Å². The number of rotatable bonds is 3. The first-order valence-corrected chi connectivity index (χ1v) is 9.29. The fourth-order valence-electron chi connectivity index (χ4n) is 3.37. The van der Waals surface area contributed by atoms with Crippen LogP contribution in [0.15, 0.2) is 12.1 Å². The summed E-state index contributed by atoms with van der Waals surface area (Å²) in [7, 11) is 1.99. The summed E-state index contributed by atoms with van der Waals surface area (Å²) in [4.78, 5) is 9.37. The standard InChI is InChI=1S/C17H18F3N5OS/c1-9-21-17-25(22-9)16(26)15(27-17)14(24-5-3-23(2)4-6-24)10-7-11(18)13(20)12(19)8-10/h7-8,14,26H,3-6H2,1-2H3. The lowest BCUT2D eigenvalue weighted by molar-refractivity contribution is 0.127. The van der Waals surface area contributed by atoms with Crippen LogP contribution in [0.25, 0.3) is 4.96 Å². The van der Waals surface area contributed by atoms with E-state index >= 15 is 0 Å². The molecule has 0 spiro atoms. The van der Waals surface area contributed by atoms with Gasteiger partial charge in [-0.15, -0.1) is 5.10 Å². The molecule has 1 fully saturated rings. The van der Waals surface area contributed by atoms with E-state index in [1.54, 1.807) is 6.92 Å². The molecule has 1 unspecified atom stereocenters. The second-order valence-corrected chi connectivity index (χ2v) is 7.69. The number of aromatic hydroxyl groups is 1. The molecule has 2 aromatic heterocycles. The lowest BCUT2D eigenvalue weighted by atomic mass is 10.0. The smallest absolute Gasteiger partial charge is 0.230 e. The maximum atomic E-state index is 13.9. The van der Waals surface area contributed by atoms with Gasteiger partial charge in [-0.1, -0.05) is 11.3 Å². The monoisotopic (exact) mass is 397 g/mol. The Balaban J connectivity index is 1.85. The molecular formula is C17H18F3N5OS. The van der Waals surface area contributed by atoms with Crippen LogP contribution in [-0.2, 0) is 0 Å². The maximum Gasteiger partial charge on any atom is 0.230 e. The summed E-state index contributed by atoms with van der Waals surface area (Å²) in [5.41, 5.74) is 0.243. The first-order chi connectivity index (χ1) is 12.8. The highest BCUT2D eigenvalue weighted by molar-refractivity contribution is 7.17. The van der Waals surface area contributed by atoms with Crippen LogP contribution in [0.3, 0.4) is 0 Å². The zero-order chi connectivity index (χ0) is 19.3. The van der Waals surface area contributed by atoms with Crippen LogP contribution in [0, 0.1) is 24.4 Å². The van der Waals surface area contributed by atoms with E-state index in [-0.39, 0.29) is 11.4 Å². The molecule has 0 amide bonds. The molecule has 0 radical (unpaired) electrons. The SMILES string of the molecule is Cc1nc2sc(C(c3cc(F)c(F)c(F)c3)N3CCN(C)CC3)c(O)n2n1. The summed E-state index contributed by atoms with van der Waals surface area (Å²) in [6, 6.07) is 1.35. The van der Waals surface area contributed by atoms with Crippen molar-refractivity contribution in [3.05, 3.63) is 45.8 Å². The van der Waals surface area contributed by atoms with Gasteiger partial charge < -0.3 is 10.0 Å². The summed E-state index contributed by atoms with van der Waals surface area (Å²) in [5.74, 6) is -3.61. The zero-order valence-electron chi connectivity index (χ0n) is 14.8.